The van der Waals surface area contributed by atoms with Crippen LogP contribution < -0.4 is 15.4 Å². The minimum atomic E-state index is -3.71. The van der Waals surface area contributed by atoms with Crippen molar-refractivity contribution in [2.24, 2.45) is 0 Å². The molecule has 0 unspecified atom stereocenters. The van der Waals surface area contributed by atoms with Crippen molar-refractivity contribution < 1.29 is 13.2 Å². The van der Waals surface area contributed by atoms with Crippen LogP contribution in [0.1, 0.15) is 5.56 Å². The molecule has 5 rings (SSSR count). The van der Waals surface area contributed by atoms with Gasteiger partial charge in [0.25, 0.3) is 15.9 Å². The number of amides is 1. The predicted molar refractivity (Wildman–Crippen MR) is 119 cm³/mol. The number of thiazole rings is 2. The largest absolute Gasteiger partial charge is 0.361 e. The summed E-state index contributed by atoms with van der Waals surface area (Å²) in [6.07, 6.45) is 3.15. The number of hydrogen-bond donors (Lipinski definition) is 3. The molecule has 0 aliphatic carbocycles. The second kappa shape index (κ2) is 7.20. The average Bonchev–Trinajstić information content (AvgIpc) is 3.46. The SMILES string of the molecule is O=C1Nc2ccc3ncsc3c2C1=CNc1ccc(S(=O)(=O)Nc2nccs2)cc1. The van der Waals surface area contributed by atoms with Crippen molar-refractivity contribution in [2.75, 3.05) is 15.4 Å². The molecular weight excluding hydrogens is 442 g/mol. The van der Waals surface area contributed by atoms with Crippen LogP contribution in [0.2, 0.25) is 0 Å². The first-order chi connectivity index (χ1) is 14.5. The molecular formula is C19H13N5O3S3. The monoisotopic (exact) mass is 455 g/mol. The van der Waals surface area contributed by atoms with Gasteiger partial charge in [-0.15, -0.1) is 22.7 Å². The fourth-order valence-electron chi connectivity index (χ4n) is 3.07. The molecule has 30 heavy (non-hydrogen) atoms. The lowest BCUT2D eigenvalue weighted by molar-refractivity contribution is -0.110. The Balaban J connectivity index is 1.39. The summed E-state index contributed by atoms with van der Waals surface area (Å²) >= 11 is 2.68. The number of carbonyl (C=O) groups is 1. The van der Waals surface area contributed by atoms with E-state index in [-0.39, 0.29) is 10.8 Å². The van der Waals surface area contributed by atoms with E-state index >= 15 is 0 Å². The number of sulfonamides is 1. The number of nitrogens with one attached hydrogen (secondary N) is 3. The van der Waals surface area contributed by atoms with E-state index in [4.69, 9.17) is 0 Å². The number of rotatable bonds is 5. The molecule has 0 atom stereocenters. The molecule has 2 aromatic heterocycles. The van der Waals surface area contributed by atoms with Gasteiger partial charge in [-0.3, -0.25) is 9.52 Å². The lowest BCUT2D eigenvalue weighted by Gasteiger charge is -2.07. The normalized spacial score (nSPS) is 14.7. The minimum absolute atomic E-state index is 0.117. The van der Waals surface area contributed by atoms with Gasteiger partial charge in [-0.05, 0) is 36.4 Å². The van der Waals surface area contributed by atoms with Crippen molar-refractivity contribution in [3.8, 4) is 0 Å². The van der Waals surface area contributed by atoms with Crippen LogP contribution in [-0.4, -0.2) is 24.3 Å². The topological polar surface area (TPSA) is 113 Å². The van der Waals surface area contributed by atoms with Gasteiger partial charge in [0, 0.05) is 29.0 Å². The second-order valence-electron chi connectivity index (χ2n) is 6.31. The lowest BCUT2D eigenvalue weighted by Crippen LogP contribution is -2.12. The molecule has 150 valence electrons. The van der Waals surface area contributed by atoms with Gasteiger partial charge < -0.3 is 10.6 Å². The number of hydrogen-bond acceptors (Lipinski definition) is 8. The maximum absolute atomic E-state index is 12.4. The molecule has 1 aliphatic rings. The molecule has 1 aliphatic heterocycles. The highest BCUT2D eigenvalue weighted by molar-refractivity contribution is 7.93. The average molecular weight is 456 g/mol. The maximum atomic E-state index is 12.4. The number of anilines is 3. The molecule has 0 spiro atoms. The van der Waals surface area contributed by atoms with E-state index in [1.807, 2.05) is 12.1 Å². The minimum Gasteiger partial charge on any atom is -0.361 e. The molecule has 0 saturated heterocycles. The number of carbonyl (C=O) groups excluding carboxylic acids is 1. The van der Waals surface area contributed by atoms with E-state index in [2.05, 4.69) is 25.3 Å². The van der Waals surface area contributed by atoms with Crippen molar-refractivity contribution in [1.29, 1.82) is 0 Å². The van der Waals surface area contributed by atoms with Crippen LogP contribution in [0.15, 0.2) is 64.6 Å². The molecule has 2 aromatic carbocycles. The third kappa shape index (κ3) is 3.32. The molecule has 0 saturated carbocycles. The second-order valence-corrected chi connectivity index (χ2v) is 9.74. The van der Waals surface area contributed by atoms with Gasteiger partial charge >= 0.3 is 0 Å². The van der Waals surface area contributed by atoms with Crippen LogP contribution in [0.4, 0.5) is 16.5 Å². The Morgan fingerprint density at radius 2 is 1.87 bits per heavy atom. The van der Waals surface area contributed by atoms with Gasteiger partial charge in [-0.2, -0.15) is 0 Å². The highest BCUT2D eigenvalue weighted by atomic mass is 32.2. The Labute approximate surface area is 179 Å². The third-order valence-corrected chi connectivity index (χ3v) is 7.50. The van der Waals surface area contributed by atoms with Gasteiger partial charge in [0.15, 0.2) is 5.13 Å². The van der Waals surface area contributed by atoms with E-state index in [1.54, 1.807) is 29.2 Å². The summed E-state index contributed by atoms with van der Waals surface area (Å²) in [5.41, 5.74) is 5.30. The van der Waals surface area contributed by atoms with Crippen LogP contribution in [-0.2, 0) is 14.8 Å². The smallest absolute Gasteiger partial charge is 0.263 e. The third-order valence-electron chi connectivity index (χ3n) is 4.46. The maximum Gasteiger partial charge on any atom is 0.263 e. The van der Waals surface area contributed by atoms with E-state index in [0.717, 1.165) is 21.5 Å². The Morgan fingerprint density at radius 3 is 2.63 bits per heavy atom. The van der Waals surface area contributed by atoms with Crippen molar-refractivity contribution in [3.05, 3.63) is 65.2 Å². The van der Waals surface area contributed by atoms with E-state index in [0.29, 0.717) is 16.4 Å². The highest BCUT2D eigenvalue weighted by Gasteiger charge is 2.27. The first-order valence-corrected chi connectivity index (χ1v) is 11.9. The van der Waals surface area contributed by atoms with Crippen LogP contribution in [0.25, 0.3) is 15.8 Å². The zero-order valence-electron chi connectivity index (χ0n) is 15.1. The summed E-state index contributed by atoms with van der Waals surface area (Å²) in [6, 6.07) is 9.95. The quantitative estimate of drug-likeness (QED) is 0.393. The summed E-state index contributed by atoms with van der Waals surface area (Å²) in [6.45, 7) is 0. The number of aromatic nitrogens is 2. The van der Waals surface area contributed by atoms with Crippen molar-refractivity contribution in [2.45, 2.75) is 4.90 Å². The summed E-state index contributed by atoms with van der Waals surface area (Å²) < 4.78 is 28.2. The first-order valence-electron chi connectivity index (χ1n) is 8.68. The standard InChI is InChI=1S/C19H13N5O3S3/c25-18-13(16-14(23-18)5-6-15-17(16)29-10-22-15)9-21-11-1-3-12(4-2-11)30(26,27)24-19-20-7-8-28-19/h1-10,21H,(H,20,24)(H,23,25). The van der Waals surface area contributed by atoms with Gasteiger partial charge in [-0.1, -0.05) is 0 Å². The lowest BCUT2D eigenvalue weighted by atomic mass is 10.1. The van der Waals surface area contributed by atoms with Crippen molar-refractivity contribution in [3.63, 3.8) is 0 Å². The predicted octanol–water partition coefficient (Wildman–Crippen LogP) is 3.96. The van der Waals surface area contributed by atoms with E-state index in [1.165, 1.54) is 41.0 Å². The molecule has 0 radical (unpaired) electrons. The summed E-state index contributed by atoms with van der Waals surface area (Å²) in [7, 11) is -3.71. The molecule has 0 bridgehead atoms. The Kier molecular flexibility index (Phi) is 4.50. The molecule has 3 heterocycles. The Morgan fingerprint density at radius 1 is 1.03 bits per heavy atom. The van der Waals surface area contributed by atoms with E-state index in [9.17, 15) is 13.2 Å². The number of benzene rings is 2. The van der Waals surface area contributed by atoms with Crippen LogP contribution in [0.5, 0.6) is 0 Å². The van der Waals surface area contributed by atoms with Gasteiger partial charge in [0.05, 0.1) is 31.9 Å². The molecule has 8 nitrogen and oxygen atoms in total. The fraction of sp³-hybridized carbons (Fsp3) is 0. The Bertz CT molecular complexity index is 1390. The summed E-state index contributed by atoms with van der Waals surface area (Å²) in [5.74, 6) is -0.203. The number of nitrogens with zero attached hydrogens (tertiary/aromatic N) is 2. The summed E-state index contributed by atoms with van der Waals surface area (Å²) in [4.78, 5) is 20.8. The van der Waals surface area contributed by atoms with Gasteiger partial charge in [-0.25, -0.2) is 18.4 Å². The zero-order valence-corrected chi connectivity index (χ0v) is 17.6. The van der Waals surface area contributed by atoms with Crippen molar-refractivity contribution in [1.82, 2.24) is 9.97 Å². The zero-order chi connectivity index (χ0) is 20.7. The molecule has 3 N–H and O–H groups in total. The van der Waals surface area contributed by atoms with E-state index < -0.39 is 10.0 Å². The molecule has 4 aromatic rings. The van der Waals surface area contributed by atoms with Crippen LogP contribution >= 0.6 is 22.7 Å². The van der Waals surface area contributed by atoms with Gasteiger partial charge in [0.1, 0.15) is 0 Å². The van der Waals surface area contributed by atoms with Crippen molar-refractivity contribution >= 4 is 70.9 Å². The first kappa shape index (κ1) is 18.7. The van der Waals surface area contributed by atoms with Crippen LogP contribution in [0, 0.1) is 0 Å². The molecule has 0 fully saturated rings. The molecule has 11 heteroatoms. The van der Waals surface area contributed by atoms with Gasteiger partial charge in [0.2, 0.25) is 0 Å². The number of fused-ring (bicyclic) bond motifs is 3. The van der Waals surface area contributed by atoms with Crippen LogP contribution in [0.3, 0.4) is 0 Å². The Hall–Kier alpha value is -3.28. The fourth-order valence-corrected chi connectivity index (χ4v) is 5.71. The highest BCUT2D eigenvalue weighted by Crippen LogP contribution is 2.39. The molecule has 1 amide bonds. The summed E-state index contributed by atoms with van der Waals surface area (Å²) in [5, 5.41) is 7.93.